The van der Waals surface area contributed by atoms with Gasteiger partial charge in [0.2, 0.25) is 5.95 Å². The third kappa shape index (κ3) is 2.53. The van der Waals surface area contributed by atoms with Gasteiger partial charge in [-0.15, -0.1) is 0 Å². The number of hydrogen-bond acceptors (Lipinski definition) is 5. The summed E-state index contributed by atoms with van der Waals surface area (Å²) in [4.78, 5) is 9.63. The lowest BCUT2D eigenvalue weighted by Crippen LogP contribution is -2.40. The molecule has 0 saturated heterocycles. The summed E-state index contributed by atoms with van der Waals surface area (Å²) in [5.74, 6) is 0.227. The maximum absolute atomic E-state index is 13.4. The van der Waals surface area contributed by atoms with Crippen LogP contribution in [-0.4, -0.2) is 42.3 Å². The van der Waals surface area contributed by atoms with Crippen molar-refractivity contribution in [2.24, 2.45) is 5.41 Å². The Bertz CT molecular complexity index is 415. The standard InChI is InChI=1S/C12H19FN4O/c1-17(2)10-9(13)6-14-11(16-10)15-7-12(8-18)4-3-5-12/h6,18H,3-5,7-8H2,1-2H3,(H,14,15,16). The van der Waals surface area contributed by atoms with Crippen LogP contribution in [0.4, 0.5) is 16.2 Å². The Labute approximate surface area is 106 Å². The molecule has 1 fully saturated rings. The summed E-state index contributed by atoms with van der Waals surface area (Å²) in [5, 5.41) is 12.4. The molecule has 0 amide bonds. The molecule has 5 nitrogen and oxygen atoms in total. The van der Waals surface area contributed by atoms with Crippen molar-refractivity contribution in [3.63, 3.8) is 0 Å². The maximum atomic E-state index is 13.4. The second-order valence-corrected chi connectivity index (χ2v) is 5.12. The van der Waals surface area contributed by atoms with Crippen LogP contribution in [0.3, 0.4) is 0 Å². The number of rotatable bonds is 5. The molecule has 0 radical (unpaired) electrons. The molecule has 18 heavy (non-hydrogen) atoms. The van der Waals surface area contributed by atoms with E-state index in [4.69, 9.17) is 0 Å². The molecule has 1 aliphatic carbocycles. The fraction of sp³-hybridized carbons (Fsp3) is 0.667. The van der Waals surface area contributed by atoms with E-state index in [2.05, 4.69) is 15.3 Å². The highest BCUT2D eigenvalue weighted by Crippen LogP contribution is 2.40. The summed E-state index contributed by atoms with van der Waals surface area (Å²) in [7, 11) is 3.46. The van der Waals surface area contributed by atoms with E-state index in [9.17, 15) is 9.50 Å². The maximum Gasteiger partial charge on any atom is 0.224 e. The number of aliphatic hydroxyl groups excluding tert-OH is 1. The highest BCUT2D eigenvalue weighted by atomic mass is 19.1. The van der Waals surface area contributed by atoms with Crippen molar-refractivity contribution in [1.29, 1.82) is 0 Å². The lowest BCUT2D eigenvalue weighted by atomic mass is 9.69. The molecule has 0 aromatic carbocycles. The van der Waals surface area contributed by atoms with Gasteiger partial charge >= 0.3 is 0 Å². The molecular formula is C12H19FN4O. The summed E-state index contributed by atoms with van der Waals surface area (Å²) in [6.45, 7) is 0.795. The Morgan fingerprint density at radius 2 is 2.22 bits per heavy atom. The van der Waals surface area contributed by atoms with Crippen LogP contribution in [0, 0.1) is 11.2 Å². The van der Waals surface area contributed by atoms with E-state index >= 15 is 0 Å². The Morgan fingerprint density at radius 3 is 2.72 bits per heavy atom. The van der Waals surface area contributed by atoms with Crippen LogP contribution in [0.15, 0.2) is 6.20 Å². The van der Waals surface area contributed by atoms with Gasteiger partial charge in [0, 0.05) is 26.1 Å². The molecule has 1 aliphatic rings. The first-order valence-corrected chi connectivity index (χ1v) is 6.11. The smallest absolute Gasteiger partial charge is 0.224 e. The summed E-state index contributed by atoms with van der Waals surface area (Å²) in [5.41, 5.74) is -0.0456. The molecule has 100 valence electrons. The van der Waals surface area contributed by atoms with E-state index < -0.39 is 5.82 Å². The second kappa shape index (κ2) is 5.06. The molecule has 2 rings (SSSR count). The second-order valence-electron chi connectivity index (χ2n) is 5.12. The topological polar surface area (TPSA) is 61.3 Å². The van der Waals surface area contributed by atoms with Crippen molar-refractivity contribution >= 4 is 11.8 Å². The van der Waals surface area contributed by atoms with Crippen molar-refractivity contribution in [1.82, 2.24) is 9.97 Å². The highest BCUT2D eigenvalue weighted by Gasteiger charge is 2.36. The van der Waals surface area contributed by atoms with Crippen molar-refractivity contribution in [3.05, 3.63) is 12.0 Å². The molecule has 0 unspecified atom stereocenters. The first-order chi connectivity index (χ1) is 8.56. The minimum atomic E-state index is -0.439. The Morgan fingerprint density at radius 1 is 1.50 bits per heavy atom. The van der Waals surface area contributed by atoms with Crippen LogP contribution in [0.1, 0.15) is 19.3 Å². The van der Waals surface area contributed by atoms with Gasteiger partial charge in [0.15, 0.2) is 11.6 Å². The molecule has 1 saturated carbocycles. The predicted octanol–water partition coefficient (Wildman–Crippen LogP) is 1.26. The van der Waals surface area contributed by atoms with Crippen LogP contribution in [0.5, 0.6) is 0 Å². The number of anilines is 2. The molecule has 6 heteroatoms. The van der Waals surface area contributed by atoms with Crippen LogP contribution >= 0.6 is 0 Å². The average molecular weight is 254 g/mol. The van der Waals surface area contributed by atoms with Crippen LogP contribution in [0.25, 0.3) is 0 Å². The predicted molar refractivity (Wildman–Crippen MR) is 68.2 cm³/mol. The number of hydrogen-bond donors (Lipinski definition) is 2. The van der Waals surface area contributed by atoms with Gasteiger partial charge in [-0.3, -0.25) is 0 Å². The van der Waals surface area contributed by atoms with E-state index in [0.29, 0.717) is 12.5 Å². The zero-order valence-corrected chi connectivity index (χ0v) is 10.8. The first kappa shape index (κ1) is 13.0. The van der Waals surface area contributed by atoms with Crippen LogP contribution in [-0.2, 0) is 0 Å². The van der Waals surface area contributed by atoms with Gasteiger partial charge in [-0.05, 0) is 12.8 Å². The Balaban J connectivity index is 2.03. The fourth-order valence-corrected chi connectivity index (χ4v) is 2.09. The summed E-state index contributed by atoms with van der Waals surface area (Å²) >= 11 is 0. The van der Waals surface area contributed by atoms with Crippen molar-refractivity contribution in [2.75, 3.05) is 37.5 Å². The summed E-state index contributed by atoms with van der Waals surface area (Å²) < 4.78 is 13.4. The van der Waals surface area contributed by atoms with Crippen molar-refractivity contribution < 1.29 is 9.50 Å². The van der Waals surface area contributed by atoms with Crippen molar-refractivity contribution in [2.45, 2.75) is 19.3 Å². The third-order valence-corrected chi connectivity index (χ3v) is 3.52. The summed E-state index contributed by atoms with van der Waals surface area (Å²) in [6, 6.07) is 0. The zero-order valence-electron chi connectivity index (χ0n) is 10.8. The third-order valence-electron chi connectivity index (χ3n) is 3.52. The molecule has 0 bridgehead atoms. The minimum Gasteiger partial charge on any atom is -0.396 e. The van der Waals surface area contributed by atoms with Gasteiger partial charge in [0.1, 0.15) is 0 Å². The quantitative estimate of drug-likeness (QED) is 0.828. The van der Waals surface area contributed by atoms with Gasteiger partial charge < -0.3 is 15.3 Å². The molecule has 1 heterocycles. The number of aromatic nitrogens is 2. The lowest BCUT2D eigenvalue weighted by molar-refractivity contribution is 0.0575. The molecule has 0 spiro atoms. The normalized spacial score (nSPS) is 17.1. The van der Waals surface area contributed by atoms with Gasteiger partial charge in [-0.2, -0.15) is 4.98 Å². The lowest BCUT2D eigenvalue weighted by Gasteiger charge is -2.40. The minimum absolute atomic E-state index is 0.0456. The monoisotopic (exact) mass is 254 g/mol. The molecule has 2 N–H and O–H groups in total. The zero-order chi connectivity index (χ0) is 13.2. The van der Waals surface area contributed by atoms with E-state index in [1.165, 1.54) is 0 Å². The SMILES string of the molecule is CN(C)c1nc(NCC2(CO)CCC2)ncc1F. The van der Waals surface area contributed by atoms with E-state index in [-0.39, 0.29) is 17.8 Å². The Hall–Kier alpha value is -1.43. The Kier molecular flexibility index (Phi) is 3.65. The average Bonchev–Trinajstić information content (AvgIpc) is 2.30. The molecule has 1 aromatic heterocycles. The van der Waals surface area contributed by atoms with Gasteiger partial charge in [-0.1, -0.05) is 6.42 Å². The number of nitrogens with one attached hydrogen (secondary N) is 1. The largest absolute Gasteiger partial charge is 0.396 e. The number of aliphatic hydroxyl groups is 1. The fourth-order valence-electron chi connectivity index (χ4n) is 2.09. The van der Waals surface area contributed by atoms with Crippen LogP contribution < -0.4 is 10.2 Å². The summed E-state index contributed by atoms with van der Waals surface area (Å²) in [6.07, 6.45) is 4.34. The van der Waals surface area contributed by atoms with Gasteiger partial charge in [0.25, 0.3) is 0 Å². The van der Waals surface area contributed by atoms with E-state index in [1.54, 1.807) is 19.0 Å². The van der Waals surface area contributed by atoms with E-state index in [1.807, 2.05) is 0 Å². The molecular weight excluding hydrogens is 235 g/mol. The van der Waals surface area contributed by atoms with Gasteiger partial charge in [-0.25, -0.2) is 9.37 Å². The first-order valence-electron chi connectivity index (χ1n) is 6.11. The van der Waals surface area contributed by atoms with Gasteiger partial charge in [0.05, 0.1) is 12.8 Å². The number of halogens is 1. The molecule has 1 aromatic rings. The van der Waals surface area contributed by atoms with Crippen LogP contribution in [0.2, 0.25) is 0 Å². The molecule has 0 atom stereocenters. The highest BCUT2D eigenvalue weighted by molar-refractivity contribution is 5.42. The van der Waals surface area contributed by atoms with Crippen molar-refractivity contribution in [3.8, 4) is 0 Å². The number of nitrogens with zero attached hydrogens (tertiary/aromatic N) is 3. The van der Waals surface area contributed by atoms with E-state index in [0.717, 1.165) is 25.5 Å². The molecule has 0 aliphatic heterocycles.